The fourth-order valence-corrected chi connectivity index (χ4v) is 2.33. The Bertz CT molecular complexity index is 908. The van der Waals surface area contributed by atoms with E-state index in [9.17, 15) is 14.4 Å². The van der Waals surface area contributed by atoms with Gasteiger partial charge in [-0.25, -0.2) is 5.43 Å². The first-order chi connectivity index (χ1) is 14.4. The van der Waals surface area contributed by atoms with Gasteiger partial charge in [0.2, 0.25) is 11.8 Å². The zero-order chi connectivity index (χ0) is 21.9. The molecule has 0 unspecified atom stereocenters. The summed E-state index contributed by atoms with van der Waals surface area (Å²) in [5.74, 6) is 0.311. The first kappa shape index (κ1) is 22.4. The Morgan fingerprint density at radius 3 is 1.97 bits per heavy atom. The molecule has 0 fully saturated rings. The topological polar surface area (TPSA) is 118 Å². The number of nitrogens with one attached hydrogen (secondary N) is 3. The summed E-state index contributed by atoms with van der Waals surface area (Å²) >= 11 is 0. The molecule has 0 heterocycles. The highest BCUT2D eigenvalue weighted by Crippen LogP contribution is 2.17. The highest BCUT2D eigenvalue weighted by Gasteiger charge is 2.07. The summed E-state index contributed by atoms with van der Waals surface area (Å²) in [6.07, 6.45) is 0.00701. The monoisotopic (exact) mass is 412 g/mol. The van der Waals surface area contributed by atoms with E-state index >= 15 is 0 Å². The number of benzene rings is 2. The lowest BCUT2D eigenvalue weighted by Crippen LogP contribution is -2.26. The molecule has 0 bridgehead atoms. The van der Waals surface area contributed by atoms with Crippen LogP contribution in [0.25, 0.3) is 0 Å². The molecule has 0 aliphatic carbocycles. The van der Waals surface area contributed by atoms with Crippen molar-refractivity contribution in [2.75, 3.05) is 24.4 Å². The van der Waals surface area contributed by atoms with Gasteiger partial charge in [0.15, 0.2) is 6.61 Å². The van der Waals surface area contributed by atoms with Gasteiger partial charge >= 0.3 is 0 Å². The van der Waals surface area contributed by atoms with Crippen LogP contribution in [0.4, 0.5) is 11.4 Å². The van der Waals surface area contributed by atoms with Crippen molar-refractivity contribution >= 4 is 34.8 Å². The number of anilines is 2. The number of nitrogens with zero attached hydrogens (tertiary/aromatic N) is 1. The van der Waals surface area contributed by atoms with Crippen LogP contribution in [-0.2, 0) is 14.4 Å². The van der Waals surface area contributed by atoms with Crippen molar-refractivity contribution in [1.82, 2.24) is 5.43 Å². The minimum absolute atomic E-state index is 0.00701. The van der Waals surface area contributed by atoms with Gasteiger partial charge in [0.1, 0.15) is 11.5 Å². The Hall–Kier alpha value is -3.88. The van der Waals surface area contributed by atoms with Gasteiger partial charge < -0.3 is 20.1 Å². The van der Waals surface area contributed by atoms with Gasteiger partial charge in [-0.05, 0) is 55.5 Å². The molecule has 2 aromatic rings. The summed E-state index contributed by atoms with van der Waals surface area (Å²) in [6, 6.07) is 13.5. The fraction of sp³-hybridized carbons (Fsp3) is 0.238. The normalized spacial score (nSPS) is 10.7. The van der Waals surface area contributed by atoms with Crippen LogP contribution in [0.3, 0.4) is 0 Å². The van der Waals surface area contributed by atoms with E-state index in [1.54, 1.807) is 62.6 Å². The van der Waals surface area contributed by atoms with Crippen molar-refractivity contribution in [1.29, 1.82) is 0 Å². The molecule has 0 radical (unpaired) electrons. The maximum absolute atomic E-state index is 12.1. The third kappa shape index (κ3) is 8.01. The van der Waals surface area contributed by atoms with E-state index < -0.39 is 5.91 Å². The quantitative estimate of drug-likeness (QED) is 0.432. The molecule has 3 N–H and O–H groups in total. The zero-order valence-corrected chi connectivity index (χ0v) is 17.0. The van der Waals surface area contributed by atoms with Crippen LogP contribution < -0.4 is 25.5 Å². The van der Waals surface area contributed by atoms with E-state index in [4.69, 9.17) is 9.47 Å². The first-order valence-corrected chi connectivity index (χ1v) is 9.12. The van der Waals surface area contributed by atoms with E-state index in [-0.39, 0.29) is 24.8 Å². The minimum Gasteiger partial charge on any atom is -0.497 e. The number of carbonyl (C=O) groups is 3. The summed E-state index contributed by atoms with van der Waals surface area (Å²) < 4.78 is 10.4. The molecule has 0 aliphatic rings. The van der Waals surface area contributed by atoms with Gasteiger partial charge in [-0.2, -0.15) is 5.10 Å². The van der Waals surface area contributed by atoms with Crippen LogP contribution in [0.2, 0.25) is 0 Å². The number of ether oxygens (including phenoxy) is 2. The van der Waals surface area contributed by atoms with Gasteiger partial charge in [0.05, 0.1) is 13.5 Å². The number of amides is 3. The lowest BCUT2D eigenvalue weighted by molar-refractivity contribution is -0.123. The fourth-order valence-electron chi connectivity index (χ4n) is 2.33. The van der Waals surface area contributed by atoms with E-state index in [1.165, 1.54) is 6.92 Å². The average Bonchev–Trinajstić information content (AvgIpc) is 2.72. The number of rotatable bonds is 9. The molecule has 158 valence electrons. The molecule has 30 heavy (non-hydrogen) atoms. The van der Waals surface area contributed by atoms with E-state index in [1.807, 2.05) is 0 Å². The number of hydrazone groups is 1. The summed E-state index contributed by atoms with van der Waals surface area (Å²) in [5.41, 5.74) is 4.00. The van der Waals surface area contributed by atoms with E-state index in [2.05, 4.69) is 21.2 Å². The molecule has 0 saturated heterocycles. The van der Waals surface area contributed by atoms with E-state index in [0.29, 0.717) is 28.6 Å². The molecule has 2 rings (SSSR count). The maximum Gasteiger partial charge on any atom is 0.277 e. The maximum atomic E-state index is 12.1. The Balaban J connectivity index is 1.74. The van der Waals surface area contributed by atoms with E-state index in [0.717, 1.165) is 0 Å². The molecule has 2 aromatic carbocycles. The Morgan fingerprint density at radius 1 is 0.833 bits per heavy atom. The van der Waals surface area contributed by atoms with Crippen molar-refractivity contribution in [3.05, 3.63) is 48.5 Å². The van der Waals surface area contributed by atoms with Crippen molar-refractivity contribution in [3.63, 3.8) is 0 Å². The van der Waals surface area contributed by atoms with Crippen LogP contribution in [-0.4, -0.2) is 37.1 Å². The second kappa shape index (κ2) is 11.2. The second-order valence-electron chi connectivity index (χ2n) is 6.33. The second-order valence-corrected chi connectivity index (χ2v) is 6.33. The molecule has 0 spiro atoms. The molecule has 0 saturated carbocycles. The molecule has 9 nitrogen and oxygen atoms in total. The lowest BCUT2D eigenvalue weighted by atomic mass is 10.2. The third-order valence-corrected chi connectivity index (χ3v) is 3.71. The largest absolute Gasteiger partial charge is 0.497 e. The van der Waals surface area contributed by atoms with Gasteiger partial charge in [0, 0.05) is 24.0 Å². The SMILES string of the molecule is COc1ccc(OCC(=O)NN=C(C)CC(=O)Nc2ccc(NC(C)=O)cc2)cc1. The summed E-state index contributed by atoms with van der Waals surface area (Å²) in [7, 11) is 1.56. The van der Waals surface area contributed by atoms with Crippen LogP contribution >= 0.6 is 0 Å². The average molecular weight is 412 g/mol. The van der Waals surface area contributed by atoms with Crippen molar-refractivity contribution in [3.8, 4) is 11.5 Å². The predicted molar refractivity (Wildman–Crippen MR) is 114 cm³/mol. The van der Waals surface area contributed by atoms with Gasteiger partial charge in [0.25, 0.3) is 5.91 Å². The molecule has 0 atom stereocenters. The highest BCUT2D eigenvalue weighted by atomic mass is 16.5. The number of hydrogen-bond acceptors (Lipinski definition) is 6. The molecule has 0 aromatic heterocycles. The highest BCUT2D eigenvalue weighted by molar-refractivity contribution is 6.05. The Labute approximate surface area is 174 Å². The van der Waals surface area contributed by atoms with Crippen molar-refractivity contribution in [2.24, 2.45) is 5.10 Å². The smallest absolute Gasteiger partial charge is 0.277 e. The molecule has 3 amide bonds. The number of hydrogen-bond donors (Lipinski definition) is 3. The standard InChI is InChI=1S/C21H24N4O5/c1-14(12-20(27)23-17-6-4-16(5-7-17)22-15(2)26)24-25-21(28)13-30-19-10-8-18(29-3)9-11-19/h4-11H,12-13H2,1-3H3,(H,22,26)(H,23,27)(H,25,28). The van der Waals surface area contributed by atoms with Crippen LogP contribution in [0.1, 0.15) is 20.3 Å². The number of carbonyl (C=O) groups excluding carboxylic acids is 3. The zero-order valence-electron chi connectivity index (χ0n) is 17.0. The Morgan fingerprint density at radius 2 is 1.40 bits per heavy atom. The summed E-state index contributed by atoms with van der Waals surface area (Å²) in [5, 5.41) is 9.26. The van der Waals surface area contributed by atoms with Gasteiger partial charge in [-0.3, -0.25) is 14.4 Å². The number of methoxy groups -OCH3 is 1. The minimum atomic E-state index is -0.445. The third-order valence-electron chi connectivity index (χ3n) is 3.71. The molecule has 9 heteroatoms. The molecular weight excluding hydrogens is 388 g/mol. The first-order valence-electron chi connectivity index (χ1n) is 9.12. The van der Waals surface area contributed by atoms with Crippen LogP contribution in [0, 0.1) is 0 Å². The summed E-state index contributed by atoms with van der Waals surface area (Å²) in [4.78, 5) is 34.9. The van der Waals surface area contributed by atoms with Gasteiger partial charge in [-0.15, -0.1) is 0 Å². The molecular formula is C21H24N4O5. The molecule has 0 aliphatic heterocycles. The lowest BCUT2D eigenvalue weighted by Gasteiger charge is -2.08. The Kier molecular flexibility index (Phi) is 8.37. The van der Waals surface area contributed by atoms with Crippen molar-refractivity contribution in [2.45, 2.75) is 20.3 Å². The van der Waals surface area contributed by atoms with Crippen LogP contribution in [0.15, 0.2) is 53.6 Å². The predicted octanol–water partition coefficient (Wildman–Crippen LogP) is 2.55. The van der Waals surface area contributed by atoms with Crippen molar-refractivity contribution < 1.29 is 23.9 Å². The van der Waals surface area contributed by atoms with Gasteiger partial charge in [-0.1, -0.05) is 0 Å². The summed E-state index contributed by atoms with van der Waals surface area (Å²) in [6.45, 7) is 2.84. The van der Waals surface area contributed by atoms with Crippen LogP contribution in [0.5, 0.6) is 11.5 Å².